The van der Waals surface area contributed by atoms with E-state index in [1.165, 1.54) is 0 Å². The minimum Gasteiger partial charge on any atom is -0.464 e. The Morgan fingerprint density at radius 2 is 1.57 bits per heavy atom. The highest BCUT2D eigenvalue weighted by Gasteiger charge is 2.76. The van der Waals surface area contributed by atoms with Crippen molar-refractivity contribution < 1.29 is 35.9 Å². The summed E-state index contributed by atoms with van der Waals surface area (Å²) in [5.74, 6) is -2.82. The molecule has 0 aromatic rings. The van der Waals surface area contributed by atoms with Gasteiger partial charge in [0.05, 0.1) is 6.61 Å². The van der Waals surface area contributed by atoms with E-state index in [1.807, 2.05) is 6.92 Å². The lowest BCUT2D eigenvalue weighted by atomic mass is 10.0. The van der Waals surface area contributed by atoms with Gasteiger partial charge in [-0.05, 0) is 12.3 Å². The molecule has 21 heavy (non-hydrogen) atoms. The summed E-state index contributed by atoms with van der Waals surface area (Å²) >= 11 is 4.55. The Labute approximate surface area is 123 Å². The number of alkyl halides is 7. The van der Waals surface area contributed by atoms with Gasteiger partial charge in [0.15, 0.2) is 0 Å². The number of hydrogen-bond donors (Lipinski definition) is 0. The number of carbonyl (C=O) groups is 1. The molecule has 0 rings (SSSR count). The van der Waals surface area contributed by atoms with Crippen LogP contribution in [0, 0.1) is 5.92 Å². The largest absolute Gasteiger partial charge is 0.464 e. The highest BCUT2D eigenvalue weighted by atomic mass is 35.5. The second-order valence-electron chi connectivity index (χ2n) is 4.67. The zero-order valence-electron chi connectivity index (χ0n) is 11.6. The second kappa shape index (κ2) is 7.56. The smallest absolute Gasteiger partial charge is 0.427 e. The second-order valence-corrected chi connectivity index (χ2v) is 5.24. The third kappa shape index (κ3) is 4.93. The van der Waals surface area contributed by atoms with Crippen LogP contribution in [-0.4, -0.2) is 29.8 Å². The van der Waals surface area contributed by atoms with Crippen LogP contribution in [-0.2, 0) is 9.53 Å². The van der Waals surface area contributed by atoms with E-state index in [1.54, 1.807) is 6.92 Å². The normalized spacial score (nSPS) is 14.9. The maximum atomic E-state index is 12.5. The molecule has 0 amide bonds. The van der Waals surface area contributed by atoms with E-state index >= 15 is 0 Å². The maximum absolute atomic E-state index is 12.5. The van der Waals surface area contributed by atoms with E-state index in [2.05, 4.69) is 16.3 Å². The van der Waals surface area contributed by atoms with Gasteiger partial charge in [-0.15, -0.1) is 0 Å². The summed E-state index contributed by atoms with van der Waals surface area (Å²) in [6.45, 7) is 3.07. The predicted octanol–water partition coefficient (Wildman–Crippen LogP) is 4.85. The third-order valence-corrected chi connectivity index (χ3v) is 3.64. The monoisotopic (exact) mass is 342 g/mol. The molecule has 0 aromatic heterocycles. The summed E-state index contributed by atoms with van der Waals surface area (Å²) in [6.07, 6.45) is -9.41. The topological polar surface area (TPSA) is 26.3 Å². The Balaban J connectivity index is 4.95. The molecule has 0 unspecified atom stereocenters. The van der Waals surface area contributed by atoms with Gasteiger partial charge in [-0.2, -0.15) is 26.3 Å². The SMILES string of the molecule is CCCC[C@H](CC)COC(=O)C(Cl)(C(F)(F)F)C(F)(F)F. The number of ether oxygens (including phenoxy) is 1. The van der Waals surface area contributed by atoms with Crippen molar-refractivity contribution in [2.45, 2.75) is 56.8 Å². The number of halogens is 7. The molecule has 0 aromatic carbocycles. The Hall–Kier alpha value is -0.660. The molecule has 0 heterocycles. The Morgan fingerprint density at radius 1 is 1.10 bits per heavy atom. The van der Waals surface area contributed by atoms with E-state index < -0.39 is 29.8 Å². The average molecular weight is 343 g/mol. The number of unbranched alkanes of at least 4 members (excludes halogenated alkanes) is 1. The Kier molecular flexibility index (Phi) is 7.32. The number of carbonyl (C=O) groups excluding carboxylic acids is 1. The number of esters is 1. The highest BCUT2D eigenvalue weighted by Crippen LogP contribution is 2.48. The summed E-state index contributed by atoms with van der Waals surface area (Å²) < 4.78 is 79.2. The molecule has 0 radical (unpaired) electrons. The molecule has 9 heteroatoms. The van der Waals surface area contributed by atoms with Gasteiger partial charge in [0.2, 0.25) is 0 Å². The Bertz CT molecular complexity index is 326. The lowest BCUT2D eigenvalue weighted by Crippen LogP contribution is -2.58. The van der Waals surface area contributed by atoms with Crippen LogP contribution in [0.3, 0.4) is 0 Å². The first kappa shape index (κ1) is 20.3. The van der Waals surface area contributed by atoms with Gasteiger partial charge in [0, 0.05) is 0 Å². The summed E-state index contributed by atoms with van der Waals surface area (Å²) in [5.41, 5.74) is 0. The number of rotatable bonds is 7. The van der Waals surface area contributed by atoms with Crippen molar-refractivity contribution in [3.8, 4) is 0 Å². The highest BCUT2D eigenvalue weighted by molar-refractivity contribution is 6.35. The van der Waals surface area contributed by atoms with Gasteiger partial charge in [-0.3, -0.25) is 0 Å². The lowest BCUT2D eigenvalue weighted by Gasteiger charge is -2.29. The van der Waals surface area contributed by atoms with E-state index in [0.29, 0.717) is 12.8 Å². The van der Waals surface area contributed by atoms with Crippen LogP contribution >= 0.6 is 11.6 Å². The first-order valence-corrected chi connectivity index (χ1v) is 6.79. The van der Waals surface area contributed by atoms with Crippen molar-refractivity contribution in [1.29, 1.82) is 0 Å². The van der Waals surface area contributed by atoms with Crippen LogP contribution in [0.4, 0.5) is 26.3 Å². The fraction of sp³-hybridized carbons (Fsp3) is 0.917. The first-order chi connectivity index (χ1) is 9.41. The average Bonchev–Trinajstić information content (AvgIpc) is 2.34. The molecule has 1 atom stereocenters. The molecule has 0 aliphatic carbocycles. The third-order valence-electron chi connectivity index (χ3n) is 3.06. The Morgan fingerprint density at radius 3 is 1.90 bits per heavy atom. The molecule has 0 saturated heterocycles. The van der Waals surface area contributed by atoms with Crippen molar-refractivity contribution >= 4 is 17.6 Å². The minimum atomic E-state index is -5.99. The first-order valence-electron chi connectivity index (χ1n) is 6.41. The van der Waals surface area contributed by atoms with E-state index in [4.69, 9.17) is 0 Å². The van der Waals surface area contributed by atoms with E-state index in [0.717, 1.165) is 12.8 Å². The maximum Gasteiger partial charge on any atom is 0.427 e. The molecule has 0 saturated carbocycles. The zero-order valence-corrected chi connectivity index (χ0v) is 12.3. The van der Waals surface area contributed by atoms with Crippen LogP contribution in [0.2, 0.25) is 0 Å². The molecule has 126 valence electrons. The van der Waals surface area contributed by atoms with Gasteiger partial charge < -0.3 is 4.74 Å². The lowest BCUT2D eigenvalue weighted by molar-refractivity contribution is -0.268. The summed E-state index contributed by atoms with van der Waals surface area (Å²) in [5, 5.41) is 0. The molecule has 0 bridgehead atoms. The molecular weight excluding hydrogens is 326 g/mol. The fourth-order valence-corrected chi connectivity index (χ4v) is 1.64. The standard InChI is InChI=1S/C12H17ClF6O2/c1-3-5-6-8(4-2)7-21-9(20)10(13,11(14,15)16)12(17,18)19/h8H,3-7H2,1-2H3/t8-/m0/s1. The van der Waals surface area contributed by atoms with Crippen molar-refractivity contribution in [3.63, 3.8) is 0 Å². The molecule has 0 aliphatic heterocycles. The van der Waals surface area contributed by atoms with Gasteiger partial charge in [0.25, 0.3) is 0 Å². The van der Waals surface area contributed by atoms with Crippen LogP contribution < -0.4 is 0 Å². The van der Waals surface area contributed by atoms with Crippen molar-refractivity contribution in [2.24, 2.45) is 5.92 Å². The predicted molar refractivity (Wildman–Crippen MR) is 65.0 cm³/mol. The van der Waals surface area contributed by atoms with Crippen molar-refractivity contribution in [3.05, 3.63) is 0 Å². The quantitative estimate of drug-likeness (QED) is 0.375. The van der Waals surface area contributed by atoms with Crippen molar-refractivity contribution in [1.82, 2.24) is 0 Å². The molecule has 0 fully saturated rings. The van der Waals surface area contributed by atoms with Gasteiger partial charge in [-0.1, -0.05) is 44.7 Å². The molecule has 0 N–H and O–H groups in total. The molecule has 0 spiro atoms. The fourth-order valence-electron chi connectivity index (χ4n) is 1.58. The summed E-state index contributed by atoms with van der Waals surface area (Å²) in [6, 6.07) is 0. The molecule has 2 nitrogen and oxygen atoms in total. The molecule has 0 aliphatic rings. The van der Waals surface area contributed by atoms with Gasteiger partial charge in [-0.25, -0.2) is 4.79 Å². The minimum absolute atomic E-state index is 0.295. The van der Waals surface area contributed by atoms with E-state index in [-0.39, 0.29) is 5.92 Å². The zero-order chi connectivity index (χ0) is 16.9. The van der Waals surface area contributed by atoms with Crippen molar-refractivity contribution in [2.75, 3.05) is 6.61 Å². The number of hydrogen-bond acceptors (Lipinski definition) is 2. The van der Waals surface area contributed by atoms with Gasteiger partial charge >= 0.3 is 23.2 Å². The van der Waals surface area contributed by atoms with Gasteiger partial charge in [0.1, 0.15) is 0 Å². The summed E-state index contributed by atoms with van der Waals surface area (Å²) in [7, 11) is 0. The van der Waals surface area contributed by atoms with Crippen LogP contribution in [0.15, 0.2) is 0 Å². The van der Waals surface area contributed by atoms with Crippen LogP contribution in [0.25, 0.3) is 0 Å². The van der Waals surface area contributed by atoms with Crippen LogP contribution in [0.1, 0.15) is 39.5 Å². The molecular formula is C12H17ClF6O2. The van der Waals surface area contributed by atoms with E-state index in [9.17, 15) is 31.1 Å². The summed E-state index contributed by atoms with van der Waals surface area (Å²) in [4.78, 5) is 6.23. The van der Waals surface area contributed by atoms with Crippen LogP contribution in [0.5, 0.6) is 0 Å².